The van der Waals surface area contributed by atoms with Gasteiger partial charge < -0.3 is 9.64 Å². The van der Waals surface area contributed by atoms with Gasteiger partial charge in [-0.15, -0.1) is 0 Å². The second-order valence-corrected chi connectivity index (χ2v) is 6.15. The number of likely N-dealkylation sites (tertiary alicyclic amines) is 1. The van der Waals surface area contributed by atoms with Crippen LogP contribution >= 0.6 is 0 Å². The zero-order valence-electron chi connectivity index (χ0n) is 13.6. The number of nitrogens with zero attached hydrogens (tertiary/aromatic N) is 1. The zero-order chi connectivity index (χ0) is 17.8. The Balaban J connectivity index is 1.60. The van der Waals surface area contributed by atoms with E-state index in [0.29, 0.717) is 31.5 Å². The summed E-state index contributed by atoms with van der Waals surface area (Å²) >= 11 is 0. The first-order valence-electron chi connectivity index (χ1n) is 8.15. The summed E-state index contributed by atoms with van der Waals surface area (Å²) in [6.45, 7) is 1.36. The van der Waals surface area contributed by atoms with E-state index in [1.807, 2.05) is 0 Å². The molecule has 2 aromatic carbocycles. The Bertz CT molecular complexity index is 749. The number of rotatable bonds is 4. The molecule has 0 spiro atoms. The summed E-state index contributed by atoms with van der Waals surface area (Å²) in [5, 5.41) is 0. The van der Waals surface area contributed by atoms with Gasteiger partial charge in [0.25, 0.3) is 5.91 Å². The van der Waals surface area contributed by atoms with E-state index in [4.69, 9.17) is 4.74 Å². The molecule has 1 amide bonds. The molecule has 25 heavy (non-hydrogen) atoms. The van der Waals surface area contributed by atoms with E-state index < -0.39 is 17.5 Å². The van der Waals surface area contributed by atoms with E-state index in [1.165, 1.54) is 18.2 Å². The fourth-order valence-corrected chi connectivity index (χ4v) is 2.96. The van der Waals surface area contributed by atoms with Crippen LogP contribution in [0.3, 0.4) is 0 Å². The van der Waals surface area contributed by atoms with E-state index in [9.17, 15) is 18.0 Å². The van der Waals surface area contributed by atoms with Gasteiger partial charge >= 0.3 is 0 Å². The highest BCUT2D eigenvalue weighted by Crippen LogP contribution is 2.22. The molecule has 6 heteroatoms. The van der Waals surface area contributed by atoms with Crippen molar-refractivity contribution in [1.29, 1.82) is 0 Å². The van der Waals surface area contributed by atoms with Gasteiger partial charge in [-0.2, -0.15) is 0 Å². The quantitative estimate of drug-likeness (QED) is 0.834. The molecule has 0 bridgehead atoms. The van der Waals surface area contributed by atoms with Crippen LogP contribution in [-0.2, 0) is 0 Å². The van der Waals surface area contributed by atoms with Crippen LogP contribution in [0.15, 0.2) is 42.5 Å². The van der Waals surface area contributed by atoms with Crippen molar-refractivity contribution < 1.29 is 22.7 Å². The van der Waals surface area contributed by atoms with Gasteiger partial charge in [-0.25, -0.2) is 13.2 Å². The summed E-state index contributed by atoms with van der Waals surface area (Å²) in [6, 6.07) is 8.71. The molecule has 0 aliphatic carbocycles. The van der Waals surface area contributed by atoms with Gasteiger partial charge in [-0.3, -0.25) is 4.79 Å². The Morgan fingerprint density at radius 3 is 2.52 bits per heavy atom. The Labute approximate surface area is 144 Å². The normalized spacial score (nSPS) is 17.4. The van der Waals surface area contributed by atoms with E-state index in [-0.39, 0.29) is 17.3 Å². The van der Waals surface area contributed by atoms with Crippen LogP contribution in [0.2, 0.25) is 0 Å². The summed E-state index contributed by atoms with van der Waals surface area (Å²) in [7, 11) is 0. The standard InChI is InChI=1S/C19H18F3NO2/c20-14-3-6-16(7-4-14)25-12-13-2-1-9-23(11-13)19(24)17-8-5-15(21)10-18(17)22/h3-8,10,13H,1-2,9,11-12H2/t13-/m1/s1. The van der Waals surface area contributed by atoms with Gasteiger partial charge in [0.15, 0.2) is 0 Å². The third-order valence-corrected chi connectivity index (χ3v) is 4.27. The molecule has 3 rings (SSSR count). The van der Waals surface area contributed by atoms with Crippen LogP contribution in [0.5, 0.6) is 5.75 Å². The van der Waals surface area contributed by atoms with Crippen LogP contribution in [0.1, 0.15) is 23.2 Å². The largest absolute Gasteiger partial charge is 0.493 e. The fourth-order valence-electron chi connectivity index (χ4n) is 2.96. The molecule has 1 atom stereocenters. The van der Waals surface area contributed by atoms with Crippen LogP contribution in [0.4, 0.5) is 13.2 Å². The highest BCUT2D eigenvalue weighted by atomic mass is 19.1. The molecule has 0 aromatic heterocycles. The minimum Gasteiger partial charge on any atom is -0.493 e. The van der Waals surface area contributed by atoms with Crippen LogP contribution < -0.4 is 4.74 Å². The van der Waals surface area contributed by atoms with Crippen molar-refractivity contribution in [2.75, 3.05) is 19.7 Å². The molecule has 1 fully saturated rings. The maximum absolute atomic E-state index is 13.8. The molecule has 0 saturated carbocycles. The Kier molecular flexibility index (Phi) is 5.26. The molecule has 1 aliphatic heterocycles. The number of hydrogen-bond donors (Lipinski definition) is 0. The number of piperidine rings is 1. The minimum absolute atomic E-state index is 0.103. The topological polar surface area (TPSA) is 29.5 Å². The number of benzene rings is 2. The monoisotopic (exact) mass is 349 g/mol. The van der Waals surface area contributed by atoms with Crippen molar-refractivity contribution >= 4 is 5.91 Å². The van der Waals surface area contributed by atoms with E-state index >= 15 is 0 Å². The molecule has 0 radical (unpaired) electrons. The lowest BCUT2D eigenvalue weighted by Gasteiger charge is -2.32. The second-order valence-electron chi connectivity index (χ2n) is 6.15. The van der Waals surface area contributed by atoms with Gasteiger partial charge in [0, 0.05) is 25.1 Å². The molecule has 1 aliphatic rings. The maximum atomic E-state index is 13.8. The summed E-state index contributed by atoms with van der Waals surface area (Å²) in [5.41, 5.74) is -0.124. The first-order valence-corrected chi connectivity index (χ1v) is 8.15. The van der Waals surface area contributed by atoms with Crippen LogP contribution in [0.25, 0.3) is 0 Å². The smallest absolute Gasteiger partial charge is 0.256 e. The Morgan fingerprint density at radius 1 is 1.08 bits per heavy atom. The first-order chi connectivity index (χ1) is 12.0. The van der Waals surface area contributed by atoms with E-state index in [0.717, 1.165) is 18.9 Å². The zero-order valence-corrected chi connectivity index (χ0v) is 13.6. The third-order valence-electron chi connectivity index (χ3n) is 4.27. The molecule has 1 saturated heterocycles. The molecule has 132 valence electrons. The predicted molar refractivity (Wildman–Crippen MR) is 86.9 cm³/mol. The summed E-state index contributed by atoms with van der Waals surface area (Å²) in [4.78, 5) is 14.0. The lowest BCUT2D eigenvalue weighted by Crippen LogP contribution is -2.41. The predicted octanol–water partition coefficient (Wildman–Crippen LogP) is 4.04. The molecule has 0 unspecified atom stereocenters. The molecule has 2 aromatic rings. The summed E-state index contributed by atoms with van der Waals surface area (Å²) < 4.78 is 45.3. The molecule has 3 nitrogen and oxygen atoms in total. The van der Waals surface area contributed by atoms with Gasteiger partial charge in [-0.05, 0) is 49.2 Å². The lowest BCUT2D eigenvalue weighted by molar-refractivity contribution is 0.0628. The van der Waals surface area contributed by atoms with Crippen molar-refractivity contribution in [3.05, 3.63) is 65.5 Å². The SMILES string of the molecule is O=C(c1ccc(F)cc1F)N1CCC[C@@H](COc2ccc(F)cc2)C1. The fraction of sp³-hybridized carbons (Fsp3) is 0.316. The summed E-state index contributed by atoms with van der Waals surface area (Å²) in [6.07, 6.45) is 1.67. The Hall–Kier alpha value is -2.50. The van der Waals surface area contributed by atoms with Crippen molar-refractivity contribution in [3.8, 4) is 5.75 Å². The molecule has 1 heterocycles. The van der Waals surface area contributed by atoms with Crippen LogP contribution in [0, 0.1) is 23.4 Å². The highest BCUT2D eigenvalue weighted by Gasteiger charge is 2.26. The second kappa shape index (κ2) is 7.59. The van der Waals surface area contributed by atoms with Gasteiger partial charge in [0.05, 0.1) is 12.2 Å². The average Bonchev–Trinajstić information content (AvgIpc) is 2.61. The van der Waals surface area contributed by atoms with Gasteiger partial charge in [0.2, 0.25) is 0 Å². The maximum Gasteiger partial charge on any atom is 0.256 e. The lowest BCUT2D eigenvalue weighted by atomic mass is 9.98. The highest BCUT2D eigenvalue weighted by molar-refractivity contribution is 5.94. The number of amides is 1. The molecular weight excluding hydrogens is 331 g/mol. The number of hydrogen-bond acceptors (Lipinski definition) is 2. The van der Waals surface area contributed by atoms with Gasteiger partial charge in [-0.1, -0.05) is 0 Å². The van der Waals surface area contributed by atoms with E-state index in [2.05, 4.69) is 0 Å². The first kappa shape index (κ1) is 17.3. The third kappa shape index (κ3) is 4.32. The average molecular weight is 349 g/mol. The summed E-state index contributed by atoms with van der Waals surface area (Å²) in [5.74, 6) is -1.67. The van der Waals surface area contributed by atoms with Crippen molar-refractivity contribution in [2.45, 2.75) is 12.8 Å². The van der Waals surface area contributed by atoms with Crippen molar-refractivity contribution in [1.82, 2.24) is 4.90 Å². The minimum atomic E-state index is -0.852. The number of ether oxygens (including phenoxy) is 1. The van der Waals surface area contributed by atoms with Gasteiger partial charge in [0.1, 0.15) is 23.2 Å². The van der Waals surface area contributed by atoms with E-state index in [1.54, 1.807) is 17.0 Å². The van der Waals surface area contributed by atoms with Crippen molar-refractivity contribution in [3.63, 3.8) is 0 Å². The molecular formula is C19H18F3NO2. The number of halogens is 3. The van der Waals surface area contributed by atoms with Crippen molar-refractivity contribution in [2.24, 2.45) is 5.92 Å². The van der Waals surface area contributed by atoms with Crippen LogP contribution in [-0.4, -0.2) is 30.5 Å². The number of carbonyl (C=O) groups is 1. The molecule has 0 N–H and O–H groups in total. The number of carbonyl (C=O) groups excluding carboxylic acids is 1. The Morgan fingerprint density at radius 2 is 1.80 bits per heavy atom.